The number of nitrogens with zero attached hydrogens (tertiary/aromatic N) is 3. The minimum atomic E-state index is -3.17. The number of aromatic nitrogens is 2. The maximum Gasteiger partial charge on any atom is 0.233 e. The van der Waals surface area contributed by atoms with E-state index in [9.17, 15) is 8.42 Å². The molecule has 0 N–H and O–H groups in total. The molecule has 6 nitrogen and oxygen atoms in total. The van der Waals surface area contributed by atoms with Gasteiger partial charge in [-0.2, -0.15) is 9.40 Å². The first kappa shape index (κ1) is 14.7. The Hall–Kier alpha value is -1.21. The topological polar surface area (TPSA) is 72.4 Å². The van der Waals surface area contributed by atoms with Gasteiger partial charge in [0.25, 0.3) is 0 Å². The Morgan fingerprint density at radius 1 is 1.19 bits per heavy atom. The van der Waals surface area contributed by atoms with E-state index in [2.05, 4.69) is 10.2 Å². The Morgan fingerprint density at radius 2 is 2.00 bits per heavy atom. The highest BCUT2D eigenvalue weighted by atomic mass is 32.2. The number of rotatable bonds is 4. The van der Waals surface area contributed by atoms with E-state index in [1.54, 1.807) is 22.6 Å². The molecule has 2 heterocycles. The fourth-order valence-electron chi connectivity index (χ4n) is 3.12. The highest BCUT2D eigenvalue weighted by molar-refractivity contribution is 7.89. The van der Waals surface area contributed by atoms with Crippen molar-refractivity contribution in [3.05, 3.63) is 18.3 Å². The van der Waals surface area contributed by atoms with Crippen LogP contribution in [0.3, 0.4) is 0 Å². The number of hydrogen-bond donors (Lipinski definition) is 0. The first-order chi connectivity index (χ1) is 10.2. The van der Waals surface area contributed by atoms with Crippen LogP contribution < -0.4 is 4.74 Å². The average Bonchev–Trinajstić information content (AvgIpc) is 2.98. The molecule has 0 spiro atoms. The Kier molecular flexibility index (Phi) is 4.40. The minimum Gasteiger partial charge on any atom is -0.472 e. The molecule has 0 unspecified atom stereocenters. The van der Waals surface area contributed by atoms with Crippen molar-refractivity contribution in [2.75, 3.05) is 13.1 Å². The molecule has 1 saturated heterocycles. The third kappa shape index (κ3) is 3.35. The Bertz CT molecular complexity index is 558. The quantitative estimate of drug-likeness (QED) is 0.844. The van der Waals surface area contributed by atoms with Crippen molar-refractivity contribution in [2.24, 2.45) is 0 Å². The summed E-state index contributed by atoms with van der Waals surface area (Å²) in [5.74, 6) is 0.458. The van der Waals surface area contributed by atoms with Crippen molar-refractivity contribution >= 4 is 10.0 Å². The average molecular weight is 311 g/mol. The molecule has 1 aromatic rings. The molecule has 1 saturated carbocycles. The van der Waals surface area contributed by atoms with Crippen LogP contribution in [0.4, 0.5) is 0 Å². The SMILES string of the molecule is O=S(=O)(C1CCCCC1)N1CC[C@@H](Oc2cccnn2)C1. The van der Waals surface area contributed by atoms with Crippen LogP contribution in [0.5, 0.6) is 5.88 Å². The zero-order valence-corrected chi connectivity index (χ0v) is 12.8. The molecule has 116 valence electrons. The van der Waals surface area contributed by atoms with E-state index in [0.29, 0.717) is 25.4 Å². The van der Waals surface area contributed by atoms with E-state index in [0.717, 1.165) is 32.1 Å². The molecule has 1 aliphatic carbocycles. The number of ether oxygens (including phenoxy) is 1. The van der Waals surface area contributed by atoms with Gasteiger partial charge in [-0.25, -0.2) is 8.42 Å². The van der Waals surface area contributed by atoms with Gasteiger partial charge < -0.3 is 4.74 Å². The number of hydrogen-bond acceptors (Lipinski definition) is 5. The Balaban J connectivity index is 1.61. The largest absolute Gasteiger partial charge is 0.472 e. The van der Waals surface area contributed by atoms with Gasteiger partial charge >= 0.3 is 0 Å². The highest BCUT2D eigenvalue weighted by Crippen LogP contribution is 2.28. The lowest BCUT2D eigenvalue weighted by atomic mass is 10.0. The smallest absolute Gasteiger partial charge is 0.233 e. The van der Waals surface area contributed by atoms with Gasteiger partial charge in [-0.15, -0.1) is 5.10 Å². The van der Waals surface area contributed by atoms with Crippen molar-refractivity contribution in [2.45, 2.75) is 49.9 Å². The minimum absolute atomic E-state index is 0.125. The predicted octanol–water partition coefficient (Wildman–Crippen LogP) is 1.59. The summed E-state index contributed by atoms with van der Waals surface area (Å²) in [5.41, 5.74) is 0. The zero-order chi connectivity index (χ0) is 14.7. The maximum absolute atomic E-state index is 12.6. The summed E-state index contributed by atoms with van der Waals surface area (Å²) in [7, 11) is -3.17. The second kappa shape index (κ2) is 6.27. The maximum atomic E-state index is 12.6. The Labute approximate surface area is 125 Å². The fourth-order valence-corrected chi connectivity index (χ4v) is 5.20. The van der Waals surface area contributed by atoms with Crippen molar-refractivity contribution in [1.29, 1.82) is 0 Å². The molecule has 0 bridgehead atoms. The van der Waals surface area contributed by atoms with Gasteiger partial charge in [0.05, 0.1) is 11.8 Å². The van der Waals surface area contributed by atoms with Gasteiger partial charge in [0.15, 0.2) is 0 Å². The normalized spacial score (nSPS) is 25.0. The molecule has 0 amide bonds. The predicted molar refractivity (Wildman–Crippen MR) is 78.4 cm³/mol. The summed E-state index contributed by atoms with van der Waals surface area (Å²) in [6, 6.07) is 3.50. The summed E-state index contributed by atoms with van der Waals surface area (Å²) < 4.78 is 32.6. The molecule has 1 aliphatic heterocycles. The first-order valence-electron chi connectivity index (χ1n) is 7.59. The van der Waals surface area contributed by atoms with Crippen molar-refractivity contribution in [3.8, 4) is 5.88 Å². The van der Waals surface area contributed by atoms with Crippen LogP contribution in [0.2, 0.25) is 0 Å². The summed E-state index contributed by atoms with van der Waals surface area (Å²) in [4.78, 5) is 0. The van der Waals surface area contributed by atoms with Crippen LogP contribution in [-0.2, 0) is 10.0 Å². The van der Waals surface area contributed by atoms with E-state index >= 15 is 0 Å². The van der Waals surface area contributed by atoms with Crippen LogP contribution >= 0.6 is 0 Å². The summed E-state index contributed by atoms with van der Waals surface area (Å²) in [6.07, 6.45) is 6.98. The van der Waals surface area contributed by atoms with E-state index in [-0.39, 0.29) is 11.4 Å². The molecule has 0 aromatic carbocycles. The standard InChI is InChI=1S/C14H21N3O3S/c18-21(19,13-5-2-1-3-6-13)17-10-8-12(11-17)20-14-7-4-9-15-16-14/h4,7,9,12-13H,1-3,5-6,8,10-11H2/t12-/m1/s1. The van der Waals surface area contributed by atoms with Crippen LogP contribution in [0.15, 0.2) is 18.3 Å². The van der Waals surface area contributed by atoms with Gasteiger partial charge in [0, 0.05) is 18.8 Å². The van der Waals surface area contributed by atoms with Gasteiger partial charge in [0.1, 0.15) is 6.10 Å². The fraction of sp³-hybridized carbons (Fsp3) is 0.714. The molecule has 2 aliphatic rings. The van der Waals surface area contributed by atoms with Crippen molar-refractivity contribution in [3.63, 3.8) is 0 Å². The van der Waals surface area contributed by atoms with E-state index < -0.39 is 10.0 Å². The molecule has 2 fully saturated rings. The number of sulfonamides is 1. The van der Waals surface area contributed by atoms with Crippen LogP contribution in [0.25, 0.3) is 0 Å². The molecular formula is C14H21N3O3S. The molecule has 3 rings (SSSR count). The third-order valence-corrected chi connectivity index (χ3v) is 6.64. The van der Waals surface area contributed by atoms with Gasteiger partial charge in [0.2, 0.25) is 15.9 Å². The molecule has 1 aromatic heterocycles. The monoisotopic (exact) mass is 311 g/mol. The lowest BCUT2D eigenvalue weighted by Crippen LogP contribution is -2.39. The van der Waals surface area contributed by atoms with Crippen molar-refractivity contribution < 1.29 is 13.2 Å². The first-order valence-corrected chi connectivity index (χ1v) is 9.10. The lowest BCUT2D eigenvalue weighted by Gasteiger charge is -2.26. The van der Waals surface area contributed by atoms with Gasteiger partial charge in [-0.1, -0.05) is 19.3 Å². The molecule has 1 atom stereocenters. The van der Waals surface area contributed by atoms with Crippen molar-refractivity contribution in [1.82, 2.24) is 14.5 Å². The highest BCUT2D eigenvalue weighted by Gasteiger charge is 2.38. The second-order valence-electron chi connectivity index (χ2n) is 5.75. The molecule has 21 heavy (non-hydrogen) atoms. The van der Waals surface area contributed by atoms with Gasteiger partial charge in [-0.05, 0) is 25.3 Å². The summed E-state index contributed by atoms with van der Waals surface area (Å²) >= 11 is 0. The summed E-state index contributed by atoms with van der Waals surface area (Å²) in [6.45, 7) is 0.971. The third-order valence-electron chi connectivity index (χ3n) is 4.28. The van der Waals surface area contributed by atoms with Crippen LogP contribution in [0.1, 0.15) is 38.5 Å². The summed E-state index contributed by atoms with van der Waals surface area (Å²) in [5, 5.41) is 7.45. The van der Waals surface area contributed by atoms with Crippen LogP contribution in [-0.4, -0.2) is 47.4 Å². The lowest BCUT2D eigenvalue weighted by molar-refractivity contribution is 0.204. The van der Waals surface area contributed by atoms with E-state index in [4.69, 9.17) is 4.74 Å². The van der Waals surface area contributed by atoms with Gasteiger partial charge in [-0.3, -0.25) is 0 Å². The van der Waals surface area contributed by atoms with E-state index in [1.807, 2.05) is 0 Å². The second-order valence-corrected chi connectivity index (χ2v) is 7.97. The zero-order valence-electron chi connectivity index (χ0n) is 12.0. The molecule has 0 radical (unpaired) electrons. The van der Waals surface area contributed by atoms with Crippen LogP contribution in [0, 0.1) is 0 Å². The Morgan fingerprint density at radius 3 is 2.71 bits per heavy atom. The molecule has 7 heteroatoms. The molecular weight excluding hydrogens is 290 g/mol. The van der Waals surface area contributed by atoms with E-state index in [1.165, 1.54) is 0 Å².